The molecule has 0 spiro atoms. The second-order valence-corrected chi connectivity index (χ2v) is 29.9. The quantitative estimate of drug-likeness (QED) is 0.0568. The molecule has 11 nitrogen and oxygen atoms in total. The van der Waals surface area contributed by atoms with Gasteiger partial charge in [0.1, 0.15) is 0 Å². The lowest BCUT2D eigenvalue weighted by molar-refractivity contribution is 0.220. The van der Waals surface area contributed by atoms with E-state index in [0.717, 1.165) is 18.1 Å². The van der Waals surface area contributed by atoms with Crippen LogP contribution in [-0.4, -0.2) is 142 Å². The maximum atomic E-state index is 7.03. The van der Waals surface area contributed by atoms with Crippen LogP contribution in [-0.2, 0) is 46.0 Å². The number of rotatable bonds is 32. The van der Waals surface area contributed by atoms with Crippen LogP contribution in [0, 0.1) is 0 Å². The Morgan fingerprint density at radius 2 is 0.651 bits per heavy atom. The van der Waals surface area contributed by atoms with Gasteiger partial charge in [-0.3, -0.25) is 0 Å². The van der Waals surface area contributed by atoms with Crippen molar-refractivity contribution in [3.63, 3.8) is 0 Å². The van der Waals surface area contributed by atoms with E-state index < -0.39 is 34.7 Å². The Labute approximate surface area is 290 Å². The van der Waals surface area contributed by atoms with Crippen LogP contribution in [0.25, 0.3) is 0 Å². The summed E-state index contributed by atoms with van der Waals surface area (Å²) >= 11 is 0. The minimum atomic E-state index is -2.90. The molecule has 0 amide bonds. The van der Waals surface area contributed by atoms with Crippen LogP contribution in [0.1, 0.15) is 0 Å². The number of hydrogen-bond acceptors (Lipinski definition) is 11. The summed E-state index contributed by atoms with van der Waals surface area (Å²) in [5.74, 6) is 0. The maximum Gasteiger partial charge on any atom is 0.468 e. The van der Waals surface area contributed by atoms with Crippen molar-refractivity contribution >= 4 is 131 Å². The van der Waals surface area contributed by atoms with Gasteiger partial charge in [0.25, 0.3) is 0 Å². The van der Waals surface area contributed by atoms with Crippen molar-refractivity contribution in [2.45, 2.75) is 95.2 Å². The molecule has 0 aliphatic heterocycles. The summed E-state index contributed by atoms with van der Waals surface area (Å²) in [6, 6.07) is 4.47. The molecule has 25 heteroatoms. The SMILES string of the molecule is C[Si]O[Si](CC[Si](CC[Si](O[Si]C)(O[Si]C)O[Si]C)(CC[Si](O[Si]C)(O[Si]C)O[Si]C)OCCOPC)(O[Si]C)O[Si]C. The van der Waals surface area contributed by atoms with Crippen molar-refractivity contribution in [3.05, 3.63) is 0 Å². The van der Waals surface area contributed by atoms with Crippen LogP contribution in [0.5, 0.6) is 0 Å². The van der Waals surface area contributed by atoms with E-state index in [1.165, 1.54) is 0 Å². The van der Waals surface area contributed by atoms with Crippen LogP contribution < -0.4 is 0 Å². The molecule has 0 aromatic heterocycles. The van der Waals surface area contributed by atoms with E-state index in [9.17, 15) is 0 Å². The second kappa shape index (κ2) is 27.6. The Bertz CT molecular complexity index is 546. The Morgan fingerprint density at radius 3 is 0.860 bits per heavy atom. The van der Waals surface area contributed by atoms with Gasteiger partial charge in [-0.1, -0.05) is 0 Å². The molecule has 43 heavy (non-hydrogen) atoms. The van der Waals surface area contributed by atoms with Crippen molar-refractivity contribution in [2.75, 3.05) is 19.9 Å². The van der Waals surface area contributed by atoms with E-state index >= 15 is 0 Å². The lowest BCUT2D eigenvalue weighted by Gasteiger charge is -2.39. The van der Waals surface area contributed by atoms with Gasteiger partial charge in [0.2, 0.25) is 87.9 Å². The zero-order valence-corrected chi connectivity index (χ0v) is 41.1. The van der Waals surface area contributed by atoms with Gasteiger partial charge in [-0.2, -0.15) is 0 Å². The fourth-order valence-electron chi connectivity index (χ4n) is 4.18. The third-order valence-electron chi connectivity index (χ3n) is 5.72. The molecule has 1 unspecified atom stereocenters. The Hall–Kier alpha value is 2.81. The average molecular weight is 836 g/mol. The van der Waals surface area contributed by atoms with Crippen molar-refractivity contribution in [1.29, 1.82) is 0 Å². The van der Waals surface area contributed by atoms with E-state index in [2.05, 4.69) is 0 Å². The highest BCUT2D eigenvalue weighted by molar-refractivity contribution is 7.31. The minimum Gasteiger partial charge on any atom is -0.416 e. The van der Waals surface area contributed by atoms with Gasteiger partial charge in [0.05, 0.1) is 13.2 Å². The van der Waals surface area contributed by atoms with Crippen LogP contribution in [0.4, 0.5) is 0 Å². The second-order valence-electron chi connectivity index (χ2n) is 8.39. The van der Waals surface area contributed by atoms with Crippen LogP contribution in [0.15, 0.2) is 0 Å². The van der Waals surface area contributed by atoms with E-state index in [1.54, 1.807) is 0 Å². The molecular weight excluding hydrogens is 788 g/mol. The molecule has 0 heterocycles. The summed E-state index contributed by atoms with van der Waals surface area (Å²) in [7, 11) is -8.35. The maximum absolute atomic E-state index is 7.03. The predicted octanol–water partition coefficient (Wildman–Crippen LogP) is 3.16. The fraction of sp³-hybridized carbons (Fsp3) is 1.00. The normalized spacial score (nSPS) is 13.5. The highest BCUT2D eigenvalue weighted by Crippen LogP contribution is 2.37. The molecule has 0 fully saturated rings. The zero-order chi connectivity index (χ0) is 32.5. The molecule has 1 atom stereocenters. The molecule has 242 valence electrons. The van der Waals surface area contributed by atoms with Crippen molar-refractivity contribution in [1.82, 2.24) is 0 Å². The average Bonchev–Trinajstić information content (AvgIpc) is 2.97. The molecular formula is C18H47O11PSi13. The summed E-state index contributed by atoms with van der Waals surface area (Å²) in [5, 5.41) is 0. The highest BCUT2D eigenvalue weighted by atomic mass is 31.1. The van der Waals surface area contributed by atoms with Crippen LogP contribution >= 0.6 is 8.81 Å². The minimum absolute atomic E-state index is 0.281. The lowest BCUT2D eigenvalue weighted by Crippen LogP contribution is -2.54. The molecule has 0 rings (SSSR count). The first-order valence-corrected chi connectivity index (χ1v) is 36.2. The van der Waals surface area contributed by atoms with Crippen LogP contribution in [0.3, 0.4) is 0 Å². The topological polar surface area (TPSA) is 102 Å². The molecule has 0 aliphatic carbocycles. The first-order chi connectivity index (χ1) is 20.7. The summed E-state index contributed by atoms with van der Waals surface area (Å²) in [6.45, 7) is 21.3. The van der Waals surface area contributed by atoms with Gasteiger partial charge in [0, 0.05) is 26.9 Å². The third kappa shape index (κ3) is 18.4. The molecule has 0 N–H and O–H groups in total. The van der Waals surface area contributed by atoms with Gasteiger partial charge >= 0.3 is 26.4 Å². The van der Waals surface area contributed by atoms with E-state index in [1.807, 2.05) is 65.6 Å². The predicted molar refractivity (Wildman–Crippen MR) is 192 cm³/mol. The number of hydrogen-bond donors (Lipinski definition) is 0. The summed E-state index contributed by atoms with van der Waals surface area (Å²) in [6.07, 6.45) is 0. The van der Waals surface area contributed by atoms with Crippen LogP contribution in [0.2, 0.25) is 95.2 Å². The first kappa shape index (κ1) is 45.8. The molecule has 0 bridgehead atoms. The summed E-state index contributed by atoms with van der Waals surface area (Å²) in [5.41, 5.74) is 0. The largest absolute Gasteiger partial charge is 0.468 e. The lowest BCUT2D eigenvalue weighted by atomic mass is 10.8. The van der Waals surface area contributed by atoms with Gasteiger partial charge in [-0.15, -0.1) is 0 Å². The molecule has 0 aliphatic rings. The van der Waals surface area contributed by atoms with Crippen molar-refractivity contribution in [3.8, 4) is 0 Å². The van der Waals surface area contributed by atoms with Gasteiger partial charge in [-0.05, 0) is 83.7 Å². The highest BCUT2D eigenvalue weighted by Gasteiger charge is 2.50. The van der Waals surface area contributed by atoms with E-state index in [-0.39, 0.29) is 87.9 Å². The van der Waals surface area contributed by atoms with Gasteiger partial charge in [-0.25, -0.2) is 0 Å². The van der Waals surface area contributed by atoms with Crippen molar-refractivity contribution in [2.24, 2.45) is 0 Å². The summed E-state index contributed by atoms with van der Waals surface area (Å²) in [4.78, 5) is 0. The molecule has 0 saturated carbocycles. The molecule has 0 aromatic rings. The Kier molecular flexibility index (Phi) is 29.4. The fourth-order valence-corrected chi connectivity index (χ4v) is 35.1. The zero-order valence-electron chi connectivity index (χ0n) is 27.1. The van der Waals surface area contributed by atoms with E-state index in [4.69, 9.17) is 46.0 Å². The monoisotopic (exact) mass is 834 g/mol. The van der Waals surface area contributed by atoms with Gasteiger partial charge < -0.3 is 46.0 Å². The molecule has 18 radical (unpaired) electrons. The first-order valence-electron chi connectivity index (χ1n) is 13.8. The standard InChI is InChI=1S/C18H47O11PSi13/c1-30-19-11-12-20-40(13-16-41(21-31-2,22-32-3)23-33-4,14-17-42(24-34-5,25-35-6)26-36-7)15-18-43(27-37-8,28-38-9)29-39-10/h30H,11-18H2,1-10H3. The third-order valence-corrected chi connectivity index (χ3v) is 33.1. The smallest absolute Gasteiger partial charge is 0.416 e. The molecule has 0 aromatic carbocycles. The Balaban J connectivity index is 6.74. The summed E-state index contributed by atoms with van der Waals surface area (Å²) < 4.78 is 69.7. The van der Waals surface area contributed by atoms with E-state index in [0.29, 0.717) is 40.2 Å². The van der Waals surface area contributed by atoms with Gasteiger partial charge in [0.15, 0.2) is 8.32 Å². The Morgan fingerprint density at radius 1 is 0.395 bits per heavy atom. The van der Waals surface area contributed by atoms with Crippen molar-refractivity contribution < 1.29 is 46.0 Å². The molecule has 0 saturated heterocycles.